The van der Waals surface area contributed by atoms with E-state index in [1.807, 2.05) is 24.3 Å². The van der Waals surface area contributed by atoms with Crippen molar-refractivity contribution in [3.05, 3.63) is 34.9 Å². The lowest BCUT2D eigenvalue weighted by atomic mass is 10.0. The van der Waals surface area contributed by atoms with Gasteiger partial charge in [0.15, 0.2) is 0 Å². The second-order valence-corrected chi connectivity index (χ2v) is 4.36. The van der Waals surface area contributed by atoms with E-state index in [1.54, 1.807) is 0 Å². The van der Waals surface area contributed by atoms with Crippen LogP contribution in [0.2, 0.25) is 5.02 Å². The third-order valence-electron chi connectivity index (χ3n) is 2.73. The van der Waals surface area contributed by atoms with E-state index in [0.29, 0.717) is 6.42 Å². The number of hydrogen-bond donors (Lipinski definition) is 1. The van der Waals surface area contributed by atoms with Gasteiger partial charge in [-0.05, 0) is 30.5 Å². The Morgan fingerprint density at radius 1 is 1.33 bits per heavy atom. The summed E-state index contributed by atoms with van der Waals surface area (Å²) in [6, 6.07) is 7.86. The zero-order valence-electron chi connectivity index (χ0n) is 8.50. The van der Waals surface area contributed by atoms with E-state index in [1.165, 1.54) is 0 Å². The molecule has 1 amide bonds. The average Bonchev–Trinajstić information content (AvgIpc) is 2.43. The van der Waals surface area contributed by atoms with Crippen molar-refractivity contribution in [1.29, 1.82) is 0 Å². The van der Waals surface area contributed by atoms with E-state index in [9.17, 15) is 4.79 Å². The Kier molecular flexibility index (Phi) is 3.27. The molecule has 1 aromatic rings. The van der Waals surface area contributed by atoms with Gasteiger partial charge in [-0.25, -0.2) is 0 Å². The summed E-state index contributed by atoms with van der Waals surface area (Å²) in [5.41, 5.74) is 1.11. The first-order valence-corrected chi connectivity index (χ1v) is 5.68. The van der Waals surface area contributed by atoms with E-state index >= 15 is 0 Å². The van der Waals surface area contributed by atoms with Gasteiger partial charge in [0, 0.05) is 11.4 Å². The van der Waals surface area contributed by atoms with Crippen molar-refractivity contribution in [2.75, 3.05) is 0 Å². The number of carbonyl (C=O) groups is 1. The SMILES string of the molecule is O=C1CCCCC(c2cccc(Cl)c2)N1. The van der Waals surface area contributed by atoms with E-state index in [2.05, 4.69) is 5.32 Å². The smallest absolute Gasteiger partial charge is 0.220 e. The molecule has 0 bridgehead atoms. The average molecular weight is 224 g/mol. The summed E-state index contributed by atoms with van der Waals surface area (Å²) in [6.07, 6.45) is 3.74. The fourth-order valence-corrected chi connectivity index (χ4v) is 2.14. The Hall–Kier alpha value is -1.02. The zero-order chi connectivity index (χ0) is 10.7. The highest BCUT2D eigenvalue weighted by Gasteiger charge is 2.17. The fraction of sp³-hybridized carbons (Fsp3) is 0.417. The first-order valence-electron chi connectivity index (χ1n) is 5.30. The van der Waals surface area contributed by atoms with Crippen LogP contribution in [-0.2, 0) is 4.79 Å². The summed E-state index contributed by atoms with van der Waals surface area (Å²) >= 11 is 5.93. The lowest BCUT2D eigenvalue weighted by Crippen LogP contribution is -2.25. The molecule has 1 aromatic carbocycles. The molecule has 2 nitrogen and oxygen atoms in total. The predicted molar refractivity (Wildman–Crippen MR) is 60.8 cm³/mol. The van der Waals surface area contributed by atoms with Crippen LogP contribution in [0.15, 0.2) is 24.3 Å². The van der Waals surface area contributed by atoms with E-state index in [0.717, 1.165) is 29.8 Å². The minimum Gasteiger partial charge on any atom is -0.349 e. The maximum Gasteiger partial charge on any atom is 0.220 e. The number of carbonyl (C=O) groups excluding carboxylic acids is 1. The summed E-state index contributed by atoms with van der Waals surface area (Å²) in [5, 5.41) is 3.75. The molecule has 1 saturated heterocycles. The van der Waals surface area contributed by atoms with Gasteiger partial charge >= 0.3 is 0 Å². The molecular formula is C12H14ClNO. The third kappa shape index (κ3) is 2.72. The second kappa shape index (κ2) is 4.67. The van der Waals surface area contributed by atoms with Gasteiger partial charge in [-0.3, -0.25) is 4.79 Å². The van der Waals surface area contributed by atoms with Crippen molar-refractivity contribution in [3.63, 3.8) is 0 Å². The van der Waals surface area contributed by atoms with Gasteiger partial charge in [-0.15, -0.1) is 0 Å². The minimum absolute atomic E-state index is 0.138. The van der Waals surface area contributed by atoms with Crippen molar-refractivity contribution in [2.45, 2.75) is 31.7 Å². The van der Waals surface area contributed by atoms with Gasteiger partial charge in [-0.1, -0.05) is 30.2 Å². The molecule has 2 rings (SSSR count). The zero-order valence-corrected chi connectivity index (χ0v) is 9.26. The van der Waals surface area contributed by atoms with Crippen LogP contribution in [0.3, 0.4) is 0 Å². The number of benzene rings is 1. The molecule has 15 heavy (non-hydrogen) atoms. The van der Waals surface area contributed by atoms with E-state index in [-0.39, 0.29) is 11.9 Å². The first-order chi connectivity index (χ1) is 7.25. The summed E-state index contributed by atoms with van der Waals surface area (Å²) in [7, 11) is 0. The summed E-state index contributed by atoms with van der Waals surface area (Å²) in [5.74, 6) is 0.150. The van der Waals surface area contributed by atoms with Crippen molar-refractivity contribution < 1.29 is 4.79 Å². The Morgan fingerprint density at radius 3 is 3.00 bits per heavy atom. The van der Waals surface area contributed by atoms with Gasteiger partial charge in [0.1, 0.15) is 0 Å². The molecule has 1 fully saturated rings. The van der Waals surface area contributed by atoms with Crippen LogP contribution in [-0.4, -0.2) is 5.91 Å². The Bertz CT molecular complexity index is 364. The first kappa shape index (κ1) is 10.5. The van der Waals surface area contributed by atoms with Crippen LogP contribution in [0.1, 0.15) is 37.3 Å². The third-order valence-corrected chi connectivity index (χ3v) is 2.97. The molecule has 0 saturated carbocycles. The summed E-state index contributed by atoms with van der Waals surface area (Å²) in [6.45, 7) is 0. The molecule has 1 atom stereocenters. The summed E-state index contributed by atoms with van der Waals surface area (Å²) in [4.78, 5) is 11.4. The molecule has 0 aliphatic carbocycles. The van der Waals surface area contributed by atoms with Crippen molar-refractivity contribution in [2.24, 2.45) is 0 Å². The normalized spacial score (nSPS) is 21.9. The maximum atomic E-state index is 11.4. The standard InChI is InChI=1S/C12H14ClNO/c13-10-5-3-4-9(8-10)11-6-1-2-7-12(15)14-11/h3-5,8,11H,1-2,6-7H2,(H,14,15). The Morgan fingerprint density at radius 2 is 2.20 bits per heavy atom. The molecule has 1 aliphatic rings. The lowest BCUT2D eigenvalue weighted by Gasteiger charge is -2.16. The predicted octanol–water partition coefficient (Wildman–Crippen LogP) is 3.07. The number of amides is 1. The largest absolute Gasteiger partial charge is 0.349 e. The molecule has 0 aromatic heterocycles. The molecule has 3 heteroatoms. The van der Waals surface area contributed by atoms with Crippen molar-refractivity contribution in [3.8, 4) is 0 Å². The highest BCUT2D eigenvalue weighted by atomic mass is 35.5. The molecule has 1 N–H and O–H groups in total. The van der Waals surface area contributed by atoms with Crippen LogP contribution in [0.5, 0.6) is 0 Å². The summed E-state index contributed by atoms with van der Waals surface area (Å²) < 4.78 is 0. The number of halogens is 1. The van der Waals surface area contributed by atoms with E-state index < -0.39 is 0 Å². The number of rotatable bonds is 1. The molecule has 1 unspecified atom stereocenters. The van der Waals surface area contributed by atoms with Crippen molar-refractivity contribution >= 4 is 17.5 Å². The van der Waals surface area contributed by atoms with Gasteiger partial charge in [-0.2, -0.15) is 0 Å². The molecular weight excluding hydrogens is 210 g/mol. The maximum absolute atomic E-state index is 11.4. The van der Waals surface area contributed by atoms with Gasteiger partial charge in [0.2, 0.25) is 5.91 Å². The van der Waals surface area contributed by atoms with Crippen LogP contribution in [0.4, 0.5) is 0 Å². The fourth-order valence-electron chi connectivity index (χ4n) is 1.95. The molecule has 0 spiro atoms. The number of hydrogen-bond acceptors (Lipinski definition) is 1. The number of nitrogens with one attached hydrogen (secondary N) is 1. The van der Waals surface area contributed by atoms with Crippen LogP contribution in [0, 0.1) is 0 Å². The van der Waals surface area contributed by atoms with Crippen LogP contribution in [0.25, 0.3) is 0 Å². The monoisotopic (exact) mass is 223 g/mol. The molecule has 1 heterocycles. The Balaban J connectivity index is 2.18. The van der Waals surface area contributed by atoms with Crippen LogP contribution >= 0.6 is 11.6 Å². The highest BCUT2D eigenvalue weighted by molar-refractivity contribution is 6.30. The lowest BCUT2D eigenvalue weighted by molar-refractivity contribution is -0.121. The Labute approximate surface area is 94.6 Å². The van der Waals surface area contributed by atoms with Gasteiger partial charge in [0.05, 0.1) is 6.04 Å². The topological polar surface area (TPSA) is 29.1 Å². The minimum atomic E-state index is 0.138. The molecule has 0 radical (unpaired) electrons. The van der Waals surface area contributed by atoms with Gasteiger partial charge in [0.25, 0.3) is 0 Å². The van der Waals surface area contributed by atoms with Crippen molar-refractivity contribution in [1.82, 2.24) is 5.32 Å². The van der Waals surface area contributed by atoms with Crippen LogP contribution < -0.4 is 5.32 Å². The molecule has 1 aliphatic heterocycles. The second-order valence-electron chi connectivity index (χ2n) is 3.92. The van der Waals surface area contributed by atoms with Gasteiger partial charge < -0.3 is 5.32 Å². The van der Waals surface area contributed by atoms with E-state index in [4.69, 9.17) is 11.6 Å². The highest BCUT2D eigenvalue weighted by Crippen LogP contribution is 2.24. The molecule has 80 valence electrons. The quantitative estimate of drug-likeness (QED) is 0.779.